The number of primary amides is 1. The van der Waals surface area contributed by atoms with Crippen LogP contribution in [0.25, 0.3) is 6.08 Å². The molecule has 172 valence electrons. The monoisotopic (exact) mass is 469 g/mol. The van der Waals surface area contributed by atoms with Crippen LogP contribution in [0.15, 0.2) is 41.3 Å². The summed E-state index contributed by atoms with van der Waals surface area (Å²) in [7, 11) is 1.43. The molecule has 0 radical (unpaired) electrons. The number of rotatable bonds is 8. The van der Waals surface area contributed by atoms with Crippen molar-refractivity contribution < 1.29 is 28.7 Å². The minimum atomic E-state index is -0.628. The number of anilines is 1. The van der Waals surface area contributed by atoms with E-state index in [0.29, 0.717) is 22.7 Å². The van der Waals surface area contributed by atoms with Gasteiger partial charge in [0.1, 0.15) is 6.54 Å². The number of aryl methyl sites for hydroxylation is 2. The van der Waals surface area contributed by atoms with Gasteiger partial charge in [-0.25, -0.2) is 0 Å². The molecular formula is C23H23N3O6S. The number of imide groups is 1. The van der Waals surface area contributed by atoms with E-state index in [0.717, 1.165) is 27.8 Å². The third kappa shape index (κ3) is 5.72. The smallest absolute Gasteiger partial charge is 0.294 e. The molecule has 0 saturated carbocycles. The molecule has 1 saturated heterocycles. The molecule has 10 heteroatoms. The fourth-order valence-electron chi connectivity index (χ4n) is 3.16. The van der Waals surface area contributed by atoms with Crippen molar-refractivity contribution in [3.63, 3.8) is 0 Å². The number of hydrogen-bond donors (Lipinski definition) is 2. The fourth-order valence-corrected chi connectivity index (χ4v) is 4.00. The molecule has 0 atom stereocenters. The quantitative estimate of drug-likeness (QED) is 0.569. The maximum absolute atomic E-state index is 12.8. The summed E-state index contributed by atoms with van der Waals surface area (Å²) in [6.07, 6.45) is 1.52. The number of ether oxygens (including phenoxy) is 2. The molecule has 1 aliphatic rings. The average molecular weight is 470 g/mol. The van der Waals surface area contributed by atoms with Gasteiger partial charge in [0.05, 0.1) is 12.0 Å². The van der Waals surface area contributed by atoms with Crippen LogP contribution in [-0.4, -0.2) is 48.1 Å². The zero-order valence-corrected chi connectivity index (χ0v) is 19.2. The topological polar surface area (TPSA) is 128 Å². The molecule has 3 N–H and O–H groups in total. The molecule has 0 aliphatic carbocycles. The Bertz CT molecular complexity index is 1140. The summed E-state index contributed by atoms with van der Waals surface area (Å²) in [6.45, 7) is 3.03. The maximum atomic E-state index is 12.8. The van der Waals surface area contributed by atoms with Crippen molar-refractivity contribution in [2.45, 2.75) is 13.8 Å². The van der Waals surface area contributed by atoms with Gasteiger partial charge in [-0.1, -0.05) is 24.3 Å². The van der Waals surface area contributed by atoms with E-state index in [2.05, 4.69) is 5.32 Å². The lowest BCUT2D eigenvalue weighted by Crippen LogP contribution is -2.36. The number of methoxy groups -OCH3 is 1. The fraction of sp³-hybridized carbons (Fsp3) is 0.217. The summed E-state index contributed by atoms with van der Waals surface area (Å²) >= 11 is 0.748. The first-order valence-corrected chi connectivity index (χ1v) is 10.7. The third-order valence-corrected chi connectivity index (χ3v) is 5.68. The van der Waals surface area contributed by atoms with Gasteiger partial charge in [-0.15, -0.1) is 0 Å². The van der Waals surface area contributed by atoms with E-state index in [4.69, 9.17) is 15.2 Å². The number of nitrogens with one attached hydrogen (secondary N) is 1. The number of benzene rings is 2. The minimum absolute atomic E-state index is 0.174. The zero-order chi connectivity index (χ0) is 24.1. The van der Waals surface area contributed by atoms with Crippen LogP contribution in [-0.2, 0) is 14.4 Å². The Morgan fingerprint density at radius 3 is 2.45 bits per heavy atom. The Morgan fingerprint density at radius 1 is 1.12 bits per heavy atom. The molecule has 1 aliphatic heterocycles. The van der Waals surface area contributed by atoms with E-state index >= 15 is 0 Å². The molecule has 9 nitrogen and oxygen atoms in total. The summed E-state index contributed by atoms with van der Waals surface area (Å²) in [5, 5.41) is 2.24. The van der Waals surface area contributed by atoms with Crippen molar-refractivity contribution in [3.05, 3.63) is 58.0 Å². The molecule has 33 heavy (non-hydrogen) atoms. The van der Waals surface area contributed by atoms with Crippen LogP contribution < -0.4 is 20.5 Å². The van der Waals surface area contributed by atoms with Crippen LogP contribution in [0.2, 0.25) is 0 Å². The van der Waals surface area contributed by atoms with E-state index in [-0.39, 0.29) is 18.1 Å². The first-order valence-electron chi connectivity index (χ1n) is 9.90. The molecule has 3 rings (SSSR count). The summed E-state index contributed by atoms with van der Waals surface area (Å²) in [4.78, 5) is 49.7. The van der Waals surface area contributed by atoms with Gasteiger partial charge in [-0.2, -0.15) is 0 Å². The van der Waals surface area contributed by atoms with Crippen LogP contribution >= 0.6 is 11.8 Å². The van der Waals surface area contributed by atoms with Crippen molar-refractivity contribution in [1.29, 1.82) is 0 Å². The molecule has 0 spiro atoms. The van der Waals surface area contributed by atoms with Crippen LogP contribution in [0.1, 0.15) is 16.7 Å². The third-order valence-electron chi connectivity index (χ3n) is 4.78. The standard InChI is InChI=1S/C23H23N3O6S/c1-13-5-4-6-14(2)21(13)25-20(28)11-26-22(29)18(33-23(26)30)10-15-7-8-16(17(9-15)31-3)32-12-19(24)27/h4-10H,11-12H2,1-3H3,(H2,24,27)(H,25,28). The van der Waals surface area contributed by atoms with Gasteiger partial charge in [0, 0.05) is 5.69 Å². The Morgan fingerprint density at radius 2 is 1.82 bits per heavy atom. The van der Waals surface area contributed by atoms with Crippen molar-refractivity contribution in [2.24, 2.45) is 5.73 Å². The van der Waals surface area contributed by atoms with Gasteiger partial charge in [-0.3, -0.25) is 24.1 Å². The highest BCUT2D eigenvalue weighted by Crippen LogP contribution is 2.34. The van der Waals surface area contributed by atoms with Crippen LogP contribution in [0.5, 0.6) is 11.5 Å². The Hall–Kier alpha value is -3.79. The number of thioether (sulfide) groups is 1. The molecule has 0 aromatic heterocycles. The molecule has 1 heterocycles. The molecular weight excluding hydrogens is 446 g/mol. The summed E-state index contributed by atoms with van der Waals surface area (Å²) in [5.74, 6) is -1.01. The van der Waals surface area contributed by atoms with Gasteiger partial charge in [0.2, 0.25) is 5.91 Å². The number of nitrogens with zero attached hydrogens (tertiary/aromatic N) is 1. The van der Waals surface area contributed by atoms with Crippen LogP contribution in [0.4, 0.5) is 10.5 Å². The lowest BCUT2D eigenvalue weighted by molar-refractivity contribution is -0.127. The minimum Gasteiger partial charge on any atom is -0.493 e. The Kier molecular flexibility index (Phi) is 7.39. The highest BCUT2D eigenvalue weighted by molar-refractivity contribution is 8.18. The molecule has 2 aromatic rings. The largest absolute Gasteiger partial charge is 0.493 e. The highest BCUT2D eigenvalue weighted by Gasteiger charge is 2.36. The Labute approximate surface area is 194 Å². The summed E-state index contributed by atoms with van der Waals surface area (Å²) < 4.78 is 10.5. The second-order valence-corrected chi connectivity index (χ2v) is 8.24. The predicted octanol–water partition coefficient (Wildman–Crippen LogP) is 2.85. The normalized spacial score (nSPS) is 14.5. The van der Waals surface area contributed by atoms with E-state index in [1.807, 2.05) is 32.0 Å². The SMILES string of the molecule is COc1cc(C=C2SC(=O)N(CC(=O)Nc3c(C)cccc3C)C2=O)ccc1OCC(N)=O. The van der Waals surface area contributed by atoms with Crippen molar-refractivity contribution >= 4 is 46.5 Å². The maximum Gasteiger partial charge on any atom is 0.294 e. The van der Waals surface area contributed by atoms with Crippen molar-refractivity contribution in [1.82, 2.24) is 4.90 Å². The van der Waals surface area contributed by atoms with Gasteiger partial charge in [0.15, 0.2) is 18.1 Å². The van der Waals surface area contributed by atoms with Gasteiger partial charge >= 0.3 is 0 Å². The van der Waals surface area contributed by atoms with Gasteiger partial charge in [-0.05, 0) is 60.5 Å². The van der Waals surface area contributed by atoms with Gasteiger partial charge < -0.3 is 20.5 Å². The number of carbonyl (C=O) groups is 4. The zero-order valence-electron chi connectivity index (χ0n) is 18.3. The van der Waals surface area contributed by atoms with Crippen LogP contribution in [0.3, 0.4) is 0 Å². The Balaban J connectivity index is 1.73. The number of carbonyl (C=O) groups excluding carboxylic acids is 4. The summed E-state index contributed by atoms with van der Waals surface area (Å²) in [6, 6.07) is 10.4. The number of hydrogen-bond acceptors (Lipinski definition) is 7. The predicted molar refractivity (Wildman–Crippen MR) is 125 cm³/mol. The first-order chi connectivity index (χ1) is 15.7. The van der Waals surface area contributed by atoms with E-state index in [1.165, 1.54) is 13.2 Å². The van der Waals surface area contributed by atoms with E-state index in [1.54, 1.807) is 18.2 Å². The van der Waals surface area contributed by atoms with E-state index in [9.17, 15) is 19.2 Å². The van der Waals surface area contributed by atoms with E-state index < -0.39 is 23.0 Å². The highest BCUT2D eigenvalue weighted by atomic mass is 32.2. The van der Waals surface area contributed by atoms with Crippen molar-refractivity contribution in [2.75, 3.05) is 25.6 Å². The molecule has 2 aromatic carbocycles. The number of nitrogens with two attached hydrogens (primary N) is 1. The van der Waals surface area contributed by atoms with Crippen LogP contribution in [0, 0.1) is 13.8 Å². The number of amides is 4. The molecule has 1 fully saturated rings. The second-order valence-electron chi connectivity index (χ2n) is 7.25. The molecule has 0 unspecified atom stereocenters. The van der Waals surface area contributed by atoms with Crippen molar-refractivity contribution in [3.8, 4) is 11.5 Å². The van der Waals surface area contributed by atoms with Gasteiger partial charge in [0.25, 0.3) is 17.1 Å². The summed E-state index contributed by atoms with van der Waals surface area (Å²) in [5.41, 5.74) is 8.09. The lowest BCUT2D eigenvalue weighted by Gasteiger charge is -2.15. The first kappa shape index (κ1) is 23.9. The lowest BCUT2D eigenvalue weighted by atomic mass is 10.1. The molecule has 0 bridgehead atoms. The molecule has 4 amide bonds. The number of para-hydroxylation sites is 1. The average Bonchev–Trinajstić information content (AvgIpc) is 3.02. The second kappa shape index (κ2) is 10.2.